The van der Waals surface area contributed by atoms with Crippen molar-refractivity contribution in [3.63, 3.8) is 0 Å². The molecule has 4 aliphatic carbocycles. The smallest absolute Gasteiger partial charge is 0.338 e. The molecule has 1 saturated heterocycles. The SMILES string of the molecule is CCOC(=O)c1ccc(NC(=O)[C@@H](Cc2ccccc2)N2C(=O)[C@H]3[C@@H]4C=C[C@H]([C@H]5C[C@H]45)[C@@H]3C2=O)cc1. The number of esters is 1. The molecule has 184 valence electrons. The number of carbonyl (C=O) groups excluding carboxylic acids is 4. The molecule has 7 nitrogen and oxygen atoms in total. The predicted molar refractivity (Wildman–Crippen MR) is 132 cm³/mol. The fourth-order valence-electron chi connectivity index (χ4n) is 6.56. The number of benzene rings is 2. The van der Waals surface area contributed by atoms with Gasteiger partial charge in [-0.3, -0.25) is 19.3 Å². The highest BCUT2D eigenvalue weighted by molar-refractivity contribution is 6.10. The molecule has 0 spiro atoms. The van der Waals surface area contributed by atoms with Crippen molar-refractivity contribution in [3.05, 3.63) is 77.9 Å². The summed E-state index contributed by atoms with van der Waals surface area (Å²) in [5.41, 5.74) is 1.73. The molecule has 0 aromatic heterocycles. The van der Waals surface area contributed by atoms with Gasteiger partial charge in [0.25, 0.3) is 0 Å². The molecule has 2 bridgehead atoms. The van der Waals surface area contributed by atoms with Gasteiger partial charge in [0, 0.05) is 12.1 Å². The summed E-state index contributed by atoms with van der Waals surface area (Å²) in [5, 5.41) is 2.86. The van der Waals surface area contributed by atoms with E-state index >= 15 is 0 Å². The van der Waals surface area contributed by atoms with Crippen LogP contribution in [0.4, 0.5) is 5.69 Å². The number of anilines is 1. The largest absolute Gasteiger partial charge is 0.462 e. The summed E-state index contributed by atoms with van der Waals surface area (Å²) >= 11 is 0. The van der Waals surface area contributed by atoms with E-state index in [2.05, 4.69) is 17.5 Å². The maximum Gasteiger partial charge on any atom is 0.338 e. The van der Waals surface area contributed by atoms with Crippen molar-refractivity contribution in [1.82, 2.24) is 4.90 Å². The third-order valence-electron chi connectivity index (χ3n) is 8.25. The molecule has 2 aromatic rings. The van der Waals surface area contributed by atoms with Crippen LogP contribution in [0.15, 0.2) is 66.7 Å². The fraction of sp³-hybridized carbons (Fsp3) is 0.379. The average molecular weight is 485 g/mol. The van der Waals surface area contributed by atoms with Crippen LogP contribution in [0.2, 0.25) is 0 Å². The molecule has 0 radical (unpaired) electrons. The zero-order chi connectivity index (χ0) is 25.0. The van der Waals surface area contributed by atoms with Crippen molar-refractivity contribution in [3.8, 4) is 0 Å². The number of imide groups is 1. The van der Waals surface area contributed by atoms with Gasteiger partial charge < -0.3 is 10.1 Å². The van der Waals surface area contributed by atoms with E-state index in [-0.39, 0.29) is 48.5 Å². The average Bonchev–Trinajstić information content (AvgIpc) is 3.67. The zero-order valence-corrected chi connectivity index (χ0v) is 20.0. The molecule has 7 rings (SSSR count). The third-order valence-corrected chi connectivity index (χ3v) is 8.25. The van der Waals surface area contributed by atoms with E-state index in [9.17, 15) is 19.2 Å². The second-order valence-corrected chi connectivity index (χ2v) is 10.2. The minimum Gasteiger partial charge on any atom is -0.462 e. The number of carbonyl (C=O) groups is 4. The Labute approximate surface area is 209 Å². The molecule has 1 N–H and O–H groups in total. The first-order valence-electron chi connectivity index (χ1n) is 12.6. The number of likely N-dealkylation sites (tertiary alicyclic amines) is 1. The van der Waals surface area contributed by atoms with Crippen LogP contribution in [0.1, 0.15) is 29.3 Å². The van der Waals surface area contributed by atoms with Gasteiger partial charge in [-0.1, -0.05) is 42.5 Å². The van der Waals surface area contributed by atoms with Gasteiger partial charge >= 0.3 is 5.97 Å². The lowest BCUT2D eigenvalue weighted by atomic mass is 9.63. The zero-order valence-electron chi connectivity index (χ0n) is 20.0. The van der Waals surface area contributed by atoms with Gasteiger partial charge in [0.2, 0.25) is 17.7 Å². The maximum atomic E-state index is 13.7. The van der Waals surface area contributed by atoms with Crippen molar-refractivity contribution in [2.75, 3.05) is 11.9 Å². The monoisotopic (exact) mass is 484 g/mol. The lowest BCUT2D eigenvalue weighted by Gasteiger charge is -2.37. The molecule has 3 fully saturated rings. The van der Waals surface area contributed by atoms with Gasteiger partial charge in [-0.2, -0.15) is 0 Å². The summed E-state index contributed by atoms with van der Waals surface area (Å²) < 4.78 is 5.01. The van der Waals surface area contributed by atoms with Crippen LogP contribution in [0.25, 0.3) is 0 Å². The molecule has 3 amide bonds. The van der Waals surface area contributed by atoms with E-state index in [1.54, 1.807) is 31.2 Å². The first kappa shape index (κ1) is 22.7. The molecule has 2 saturated carbocycles. The van der Waals surface area contributed by atoms with Gasteiger partial charge in [-0.05, 0) is 66.8 Å². The van der Waals surface area contributed by atoms with Crippen molar-refractivity contribution in [1.29, 1.82) is 0 Å². The van der Waals surface area contributed by atoms with Crippen LogP contribution < -0.4 is 5.32 Å². The summed E-state index contributed by atoms with van der Waals surface area (Å²) in [6, 6.07) is 14.9. The number of hydrogen-bond donors (Lipinski definition) is 1. The molecular formula is C29H28N2O5. The van der Waals surface area contributed by atoms with Crippen molar-refractivity contribution in [2.24, 2.45) is 35.5 Å². The molecule has 36 heavy (non-hydrogen) atoms. The minimum atomic E-state index is -0.960. The number of allylic oxidation sites excluding steroid dienone is 2. The molecule has 1 heterocycles. The molecular weight excluding hydrogens is 456 g/mol. The first-order chi connectivity index (χ1) is 17.5. The van der Waals surface area contributed by atoms with Gasteiger partial charge in [0.05, 0.1) is 24.0 Å². The molecule has 5 aliphatic rings. The van der Waals surface area contributed by atoms with Crippen LogP contribution in [0, 0.1) is 35.5 Å². The third kappa shape index (κ3) is 3.65. The lowest BCUT2D eigenvalue weighted by molar-refractivity contribution is -0.146. The molecule has 7 atom stereocenters. The van der Waals surface area contributed by atoms with Crippen molar-refractivity contribution in [2.45, 2.75) is 25.8 Å². The Balaban J connectivity index is 1.27. The maximum absolute atomic E-state index is 13.7. The standard InChI is InChI=1S/C29H28N2O5/c1-2-36-29(35)17-8-10-18(11-9-17)30-26(32)23(14-16-6-4-3-5-7-16)31-27(33)24-19-12-13-20(22-15-21(19)22)25(24)28(31)34/h3-13,19-25H,2,14-15H2,1H3,(H,30,32)/t19-,20-,21-,22-,23-,24+,25+/m1/s1. The van der Waals surface area contributed by atoms with Gasteiger partial charge in [0.1, 0.15) is 6.04 Å². The molecule has 1 aliphatic heterocycles. The number of nitrogens with zero attached hydrogens (tertiary/aromatic N) is 1. The highest BCUT2D eigenvalue weighted by atomic mass is 16.5. The summed E-state index contributed by atoms with van der Waals surface area (Å²) in [6.45, 7) is 2.01. The lowest BCUT2D eigenvalue weighted by Crippen LogP contribution is -2.49. The van der Waals surface area contributed by atoms with E-state index < -0.39 is 17.9 Å². The van der Waals surface area contributed by atoms with Crippen molar-refractivity contribution < 1.29 is 23.9 Å². The number of amides is 3. The van der Waals surface area contributed by atoms with E-state index in [1.165, 1.54) is 4.90 Å². The van der Waals surface area contributed by atoms with Crippen molar-refractivity contribution >= 4 is 29.4 Å². The van der Waals surface area contributed by atoms with Crippen LogP contribution in [-0.2, 0) is 25.5 Å². The van der Waals surface area contributed by atoms with Crippen LogP contribution in [0.5, 0.6) is 0 Å². The predicted octanol–water partition coefficient (Wildman–Crippen LogP) is 3.47. The summed E-state index contributed by atoms with van der Waals surface area (Å²) in [4.78, 5) is 54.2. The molecule has 0 unspecified atom stereocenters. The van der Waals surface area contributed by atoms with Gasteiger partial charge in [-0.15, -0.1) is 0 Å². The van der Waals surface area contributed by atoms with Crippen LogP contribution in [0.3, 0.4) is 0 Å². The highest BCUT2D eigenvalue weighted by Crippen LogP contribution is 2.65. The number of rotatable bonds is 7. The Morgan fingerprint density at radius 1 is 0.944 bits per heavy atom. The second-order valence-electron chi connectivity index (χ2n) is 10.2. The summed E-state index contributed by atoms with van der Waals surface area (Å²) in [7, 11) is 0. The first-order valence-corrected chi connectivity index (χ1v) is 12.6. The molecule has 2 aromatic carbocycles. The Morgan fingerprint density at radius 3 is 2.14 bits per heavy atom. The summed E-state index contributed by atoms with van der Waals surface area (Å²) in [6.07, 6.45) is 5.59. The number of hydrogen-bond acceptors (Lipinski definition) is 5. The Morgan fingerprint density at radius 2 is 1.56 bits per heavy atom. The van der Waals surface area contributed by atoms with Gasteiger partial charge in [-0.25, -0.2) is 4.79 Å². The normalized spacial score (nSPS) is 30.0. The topological polar surface area (TPSA) is 92.8 Å². The van der Waals surface area contributed by atoms with Gasteiger partial charge in [0.15, 0.2) is 0 Å². The number of nitrogens with one attached hydrogen (secondary N) is 1. The van der Waals surface area contributed by atoms with E-state index in [0.717, 1.165) is 12.0 Å². The molecule has 7 heteroatoms. The Kier molecular flexibility index (Phi) is 5.51. The number of ether oxygens (including phenoxy) is 1. The van der Waals surface area contributed by atoms with E-state index in [1.807, 2.05) is 30.3 Å². The Bertz CT molecular complexity index is 1220. The highest BCUT2D eigenvalue weighted by Gasteiger charge is 2.67. The summed E-state index contributed by atoms with van der Waals surface area (Å²) in [5.74, 6) is -0.813. The van der Waals surface area contributed by atoms with E-state index in [0.29, 0.717) is 23.1 Å². The minimum absolute atomic E-state index is 0.0994. The van der Waals surface area contributed by atoms with E-state index in [4.69, 9.17) is 4.74 Å². The van der Waals surface area contributed by atoms with Crippen LogP contribution in [-0.4, -0.2) is 41.2 Å². The Hall–Kier alpha value is -3.74. The fourth-order valence-corrected chi connectivity index (χ4v) is 6.56. The second kappa shape index (κ2) is 8.73. The quantitative estimate of drug-likeness (QED) is 0.369. The van der Waals surface area contributed by atoms with Crippen LogP contribution >= 0.6 is 0 Å².